The molecule has 0 fully saturated rings. The summed E-state index contributed by atoms with van der Waals surface area (Å²) in [6, 6.07) is 23.6. The first-order valence-electron chi connectivity index (χ1n) is 11.1. The van der Waals surface area contributed by atoms with E-state index in [0.717, 1.165) is 27.8 Å². The zero-order valence-corrected chi connectivity index (χ0v) is 18.7. The Morgan fingerprint density at radius 3 is 2.03 bits per heavy atom. The van der Waals surface area contributed by atoms with Crippen LogP contribution in [0.3, 0.4) is 0 Å². The molecule has 176 valence electrons. The fourth-order valence-corrected chi connectivity index (χ4v) is 3.82. The second-order valence-electron chi connectivity index (χ2n) is 7.98. The SMILES string of the molecule is CCOc1ccc(-c2ccc3c(F)c(CCc4ccc(OCC(F)(F)F)cc4)ccc3c2)cc1. The maximum atomic E-state index is 15.2. The van der Waals surface area contributed by atoms with E-state index < -0.39 is 12.8 Å². The quantitative estimate of drug-likeness (QED) is 0.246. The lowest BCUT2D eigenvalue weighted by Crippen LogP contribution is -2.19. The molecule has 0 aromatic heterocycles. The molecule has 0 aliphatic rings. The molecule has 0 aliphatic carbocycles. The Kier molecular flexibility index (Phi) is 7.06. The average Bonchev–Trinajstić information content (AvgIpc) is 2.83. The number of hydrogen-bond acceptors (Lipinski definition) is 2. The summed E-state index contributed by atoms with van der Waals surface area (Å²) < 4.78 is 62.2. The van der Waals surface area contributed by atoms with Crippen molar-refractivity contribution in [2.45, 2.75) is 25.9 Å². The van der Waals surface area contributed by atoms with Crippen LogP contribution in [0.15, 0.2) is 78.9 Å². The Hall–Kier alpha value is -3.54. The van der Waals surface area contributed by atoms with Gasteiger partial charge in [-0.05, 0) is 77.7 Å². The van der Waals surface area contributed by atoms with Crippen molar-refractivity contribution in [3.8, 4) is 22.6 Å². The van der Waals surface area contributed by atoms with Crippen molar-refractivity contribution in [2.24, 2.45) is 0 Å². The molecule has 0 aliphatic heterocycles. The van der Waals surface area contributed by atoms with E-state index in [1.54, 1.807) is 24.3 Å². The standard InChI is InChI=1S/C28H24F4O2/c1-2-33-24-14-9-20(10-15-24)22-11-16-26-23(17-22)8-7-21(27(26)29)6-3-19-4-12-25(13-5-19)34-18-28(30,31)32/h4-5,7-17H,2-3,6,18H2,1H3. The van der Waals surface area contributed by atoms with Crippen molar-refractivity contribution in [2.75, 3.05) is 13.2 Å². The maximum Gasteiger partial charge on any atom is 0.422 e. The van der Waals surface area contributed by atoms with E-state index in [-0.39, 0.29) is 11.6 Å². The fourth-order valence-electron chi connectivity index (χ4n) is 3.82. The van der Waals surface area contributed by atoms with Crippen LogP contribution in [0.2, 0.25) is 0 Å². The molecule has 4 aromatic carbocycles. The molecule has 0 atom stereocenters. The van der Waals surface area contributed by atoms with Crippen LogP contribution in [0.1, 0.15) is 18.1 Å². The predicted octanol–water partition coefficient (Wildman–Crippen LogP) is 7.77. The summed E-state index contributed by atoms with van der Waals surface area (Å²) >= 11 is 0. The van der Waals surface area contributed by atoms with Crippen LogP contribution in [-0.2, 0) is 12.8 Å². The molecular formula is C28H24F4O2. The highest BCUT2D eigenvalue weighted by atomic mass is 19.4. The highest BCUT2D eigenvalue weighted by molar-refractivity contribution is 5.88. The molecular weight excluding hydrogens is 444 g/mol. The molecule has 0 N–H and O–H groups in total. The molecule has 0 saturated carbocycles. The summed E-state index contributed by atoms with van der Waals surface area (Å²) in [5, 5.41) is 1.38. The number of halogens is 4. The number of rotatable bonds is 8. The van der Waals surface area contributed by atoms with E-state index in [1.165, 1.54) is 12.1 Å². The van der Waals surface area contributed by atoms with Gasteiger partial charge in [-0.1, -0.05) is 48.5 Å². The predicted molar refractivity (Wildman–Crippen MR) is 126 cm³/mol. The second-order valence-corrected chi connectivity index (χ2v) is 7.98. The van der Waals surface area contributed by atoms with Crippen LogP contribution in [0.4, 0.5) is 17.6 Å². The molecule has 0 unspecified atom stereocenters. The van der Waals surface area contributed by atoms with Crippen LogP contribution in [-0.4, -0.2) is 19.4 Å². The summed E-state index contributed by atoms with van der Waals surface area (Å²) in [5.41, 5.74) is 3.51. The molecule has 4 aromatic rings. The summed E-state index contributed by atoms with van der Waals surface area (Å²) in [4.78, 5) is 0. The Bertz CT molecular complexity index is 1250. The first-order valence-corrected chi connectivity index (χ1v) is 11.1. The van der Waals surface area contributed by atoms with Gasteiger partial charge in [0.2, 0.25) is 0 Å². The van der Waals surface area contributed by atoms with Gasteiger partial charge in [-0.3, -0.25) is 0 Å². The minimum atomic E-state index is -4.37. The lowest BCUT2D eigenvalue weighted by atomic mass is 9.97. The Labute approximate surface area is 195 Å². The van der Waals surface area contributed by atoms with Gasteiger partial charge in [0, 0.05) is 5.39 Å². The Morgan fingerprint density at radius 1 is 0.706 bits per heavy atom. The lowest BCUT2D eigenvalue weighted by Gasteiger charge is -2.11. The van der Waals surface area contributed by atoms with Gasteiger partial charge in [0.25, 0.3) is 0 Å². The average molecular weight is 468 g/mol. The van der Waals surface area contributed by atoms with Crippen molar-refractivity contribution in [1.82, 2.24) is 0 Å². The minimum absolute atomic E-state index is 0.154. The lowest BCUT2D eigenvalue weighted by molar-refractivity contribution is -0.153. The van der Waals surface area contributed by atoms with E-state index in [2.05, 4.69) is 0 Å². The van der Waals surface area contributed by atoms with E-state index in [9.17, 15) is 13.2 Å². The van der Waals surface area contributed by atoms with E-state index >= 15 is 4.39 Å². The molecule has 6 heteroatoms. The molecule has 0 amide bonds. The van der Waals surface area contributed by atoms with Crippen molar-refractivity contribution in [3.05, 3.63) is 95.8 Å². The molecule has 34 heavy (non-hydrogen) atoms. The van der Waals surface area contributed by atoms with Crippen molar-refractivity contribution < 1.29 is 27.0 Å². The number of aryl methyl sites for hydroxylation is 2. The van der Waals surface area contributed by atoms with Gasteiger partial charge in [-0.25, -0.2) is 4.39 Å². The minimum Gasteiger partial charge on any atom is -0.494 e. The molecule has 4 rings (SSSR count). The van der Waals surface area contributed by atoms with Crippen LogP contribution in [0.5, 0.6) is 11.5 Å². The third-order valence-electron chi connectivity index (χ3n) is 5.54. The van der Waals surface area contributed by atoms with Crippen molar-refractivity contribution in [3.63, 3.8) is 0 Å². The first-order chi connectivity index (χ1) is 16.3. The Morgan fingerprint density at radius 2 is 1.35 bits per heavy atom. The number of ether oxygens (including phenoxy) is 2. The maximum absolute atomic E-state index is 15.2. The highest BCUT2D eigenvalue weighted by Crippen LogP contribution is 2.29. The molecule has 0 spiro atoms. The molecule has 0 radical (unpaired) electrons. The van der Waals surface area contributed by atoms with Gasteiger partial charge in [-0.2, -0.15) is 13.2 Å². The number of benzene rings is 4. The van der Waals surface area contributed by atoms with E-state index in [4.69, 9.17) is 9.47 Å². The third kappa shape index (κ3) is 5.87. The van der Waals surface area contributed by atoms with Crippen LogP contribution in [0, 0.1) is 5.82 Å². The van der Waals surface area contributed by atoms with Gasteiger partial charge in [0.15, 0.2) is 6.61 Å². The first kappa shape index (κ1) is 23.6. The number of hydrogen-bond donors (Lipinski definition) is 0. The molecule has 0 heterocycles. The second kappa shape index (κ2) is 10.2. The summed E-state index contributed by atoms with van der Waals surface area (Å²) in [6.07, 6.45) is -3.33. The third-order valence-corrected chi connectivity index (χ3v) is 5.54. The van der Waals surface area contributed by atoms with Gasteiger partial charge < -0.3 is 9.47 Å². The van der Waals surface area contributed by atoms with Crippen LogP contribution in [0.25, 0.3) is 21.9 Å². The van der Waals surface area contributed by atoms with Crippen molar-refractivity contribution >= 4 is 10.8 Å². The zero-order chi connectivity index (χ0) is 24.1. The highest BCUT2D eigenvalue weighted by Gasteiger charge is 2.28. The zero-order valence-electron chi connectivity index (χ0n) is 18.7. The molecule has 0 saturated heterocycles. The van der Waals surface area contributed by atoms with E-state index in [0.29, 0.717) is 30.4 Å². The van der Waals surface area contributed by atoms with Gasteiger partial charge in [0.1, 0.15) is 17.3 Å². The normalized spacial score (nSPS) is 11.6. The topological polar surface area (TPSA) is 18.5 Å². The monoisotopic (exact) mass is 468 g/mol. The van der Waals surface area contributed by atoms with E-state index in [1.807, 2.05) is 49.4 Å². The number of fused-ring (bicyclic) bond motifs is 1. The Balaban J connectivity index is 1.44. The summed E-state index contributed by atoms with van der Waals surface area (Å²) in [5.74, 6) is 0.716. The molecule has 2 nitrogen and oxygen atoms in total. The van der Waals surface area contributed by atoms with Gasteiger partial charge in [-0.15, -0.1) is 0 Å². The van der Waals surface area contributed by atoms with Crippen LogP contribution >= 0.6 is 0 Å². The van der Waals surface area contributed by atoms with Crippen molar-refractivity contribution in [1.29, 1.82) is 0 Å². The summed E-state index contributed by atoms with van der Waals surface area (Å²) in [6.45, 7) is 1.22. The summed E-state index contributed by atoms with van der Waals surface area (Å²) in [7, 11) is 0. The number of alkyl halides is 3. The van der Waals surface area contributed by atoms with Crippen LogP contribution < -0.4 is 9.47 Å². The smallest absolute Gasteiger partial charge is 0.422 e. The van der Waals surface area contributed by atoms with Gasteiger partial charge in [0.05, 0.1) is 6.61 Å². The molecule has 0 bridgehead atoms. The fraction of sp³-hybridized carbons (Fsp3) is 0.214. The largest absolute Gasteiger partial charge is 0.494 e. The van der Waals surface area contributed by atoms with Gasteiger partial charge >= 0.3 is 6.18 Å².